The van der Waals surface area contributed by atoms with E-state index in [-0.39, 0.29) is 12.0 Å². The Balaban J connectivity index is 2.41. The van der Waals surface area contributed by atoms with E-state index in [2.05, 4.69) is 26.0 Å². The number of rotatable bonds is 5. The summed E-state index contributed by atoms with van der Waals surface area (Å²) in [6.07, 6.45) is 1.44. The van der Waals surface area contributed by atoms with Gasteiger partial charge in [0.25, 0.3) is 0 Å². The van der Waals surface area contributed by atoms with Crippen molar-refractivity contribution >= 4 is 29.4 Å². The number of anilines is 2. The van der Waals surface area contributed by atoms with Gasteiger partial charge in [0.1, 0.15) is 5.02 Å². The summed E-state index contributed by atoms with van der Waals surface area (Å²) in [6, 6.07) is -0.158. The Labute approximate surface area is 110 Å². The van der Waals surface area contributed by atoms with Crippen LogP contribution in [0, 0.1) is 0 Å². The number of amides is 2. The van der Waals surface area contributed by atoms with Crippen LogP contribution in [0.3, 0.4) is 0 Å². The third-order valence-corrected chi connectivity index (χ3v) is 2.25. The Hall–Kier alpha value is -1.80. The van der Waals surface area contributed by atoms with Crippen LogP contribution in [0.4, 0.5) is 16.6 Å². The average Bonchev–Trinajstić information content (AvgIpc) is 2.36. The first-order valence-corrected chi connectivity index (χ1v) is 5.60. The lowest BCUT2D eigenvalue weighted by Gasteiger charge is -2.13. The molecule has 2 amide bonds. The number of hydrogen-bond acceptors (Lipinski definition) is 6. The number of hydrazine groups is 1. The zero-order chi connectivity index (χ0) is 13.5. The molecule has 1 rings (SSSR count). The Morgan fingerprint density at radius 1 is 1.50 bits per heavy atom. The molecule has 18 heavy (non-hydrogen) atoms. The molecule has 1 aromatic heterocycles. The maximum atomic E-state index is 11.2. The lowest BCUT2D eigenvalue weighted by Crippen LogP contribution is -2.37. The summed E-state index contributed by atoms with van der Waals surface area (Å²) in [6.45, 7) is 0.934. The molecule has 0 radical (unpaired) electrons. The number of nitrogens with two attached hydrogens (primary N) is 1. The molecule has 1 aromatic rings. The molecule has 0 aliphatic heterocycles. The number of carbonyl (C=O) groups excluding carboxylic acids is 1. The maximum Gasteiger partial charge on any atom is 0.316 e. The van der Waals surface area contributed by atoms with E-state index < -0.39 is 0 Å². The minimum atomic E-state index is -0.158. The van der Waals surface area contributed by atoms with E-state index in [0.29, 0.717) is 23.9 Å². The fraction of sp³-hybridized carbons (Fsp3) is 0.444. The number of urea groups is 1. The lowest BCUT2D eigenvalue weighted by atomic mass is 10.5. The van der Waals surface area contributed by atoms with Gasteiger partial charge in [0.15, 0.2) is 5.82 Å². The highest BCUT2D eigenvalue weighted by molar-refractivity contribution is 6.32. The Kier molecular flexibility index (Phi) is 5.40. The van der Waals surface area contributed by atoms with Crippen LogP contribution in [0.2, 0.25) is 5.02 Å². The molecule has 9 heteroatoms. The monoisotopic (exact) mass is 273 g/mol. The summed E-state index contributed by atoms with van der Waals surface area (Å²) in [4.78, 5) is 20.6. The van der Waals surface area contributed by atoms with Crippen molar-refractivity contribution in [2.24, 2.45) is 5.84 Å². The minimum absolute atomic E-state index is 0.158. The molecule has 0 fully saturated rings. The highest BCUT2D eigenvalue weighted by atomic mass is 35.5. The molecule has 0 aliphatic carbocycles. The highest BCUT2D eigenvalue weighted by Gasteiger charge is 2.05. The first-order valence-electron chi connectivity index (χ1n) is 5.22. The van der Waals surface area contributed by atoms with Crippen molar-refractivity contribution in [2.75, 3.05) is 37.9 Å². The zero-order valence-electron chi connectivity index (χ0n) is 10.2. The van der Waals surface area contributed by atoms with Crippen molar-refractivity contribution in [1.82, 2.24) is 20.2 Å². The quantitative estimate of drug-likeness (QED) is 0.344. The predicted molar refractivity (Wildman–Crippen MR) is 70.4 cm³/mol. The number of nitrogen functional groups attached to an aromatic ring is 1. The van der Waals surface area contributed by atoms with Gasteiger partial charge in [0.2, 0.25) is 5.95 Å². The van der Waals surface area contributed by atoms with E-state index in [1.165, 1.54) is 11.1 Å². The topological polar surface area (TPSA) is 108 Å². The van der Waals surface area contributed by atoms with Gasteiger partial charge in [-0.2, -0.15) is 4.98 Å². The molecule has 0 atom stereocenters. The molecular weight excluding hydrogens is 258 g/mol. The molecule has 8 nitrogen and oxygen atoms in total. The van der Waals surface area contributed by atoms with Crippen LogP contribution >= 0.6 is 11.6 Å². The molecule has 1 heterocycles. The summed E-state index contributed by atoms with van der Waals surface area (Å²) < 4.78 is 0. The molecule has 0 saturated carbocycles. The molecule has 0 bridgehead atoms. The van der Waals surface area contributed by atoms with Gasteiger partial charge in [0, 0.05) is 27.2 Å². The minimum Gasteiger partial charge on any atom is -0.367 e. The highest BCUT2D eigenvalue weighted by Crippen LogP contribution is 2.18. The van der Waals surface area contributed by atoms with Crippen LogP contribution < -0.4 is 21.9 Å². The summed E-state index contributed by atoms with van der Waals surface area (Å²) in [5.41, 5.74) is 2.32. The van der Waals surface area contributed by atoms with Gasteiger partial charge in [-0.3, -0.25) is 5.43 Å². The number of nitrogens with one attached hydrogen (secondary N) is 3. The van der Waals surface area contributed by atoms with Gasteiger partial charge in [-0.05, 0) is 0 Å². The number of aromatic nitrogens is 2. The van der Waals surface area contributed by atoms with Crippen LogP contribution in [0.5, 0.6) is 0 Å². The molecule has 0 spiro atoms. The smallest absolute Gasteiger partial charge is 0.316 e. The molecule has 0 aliphatic rings. The van der Waals surface area contributed by atoms with E-state index in [1.54, 1.807) is 14.1 Å². The number of carbonyl (C=O) groups is 1. The molecular formula is C9H16ClN7O. The first-order chi connectivity index (χ1) is 8.54. The van der Waals surface area contributed by atoms with Crippen LogP contribution in [0.1, 0.15) is 0 Å². The molecule has 5 N–H and O–H groups in total. The lowest BCUT2D eigenvalue weighted by molar-refractivity contribution is 0.218. The van der Waals surface area contributed by atoms with E-state index in [4.69, 9.17) is 17.4 Å². The van der Waals surface area contributed by atoms with Crippen molar-refractivity contribution in [2.45, 2.75) is 0 Å². The maximum absolute atomic E-state index is 11.2. The molecule has 0 unspecified atom stereocenters. The second-order valence-electron chi connectivity index (χ2n) is 3.59. The average molecular weight is 274 g/mol. The van der Waals surface area contributed by atoms with E-state index in [0.717, 1.165) is 0 Å². The molecule has 0 aromatic carbocycles. The fourth-order valence-electron chi connectivity index (χ4n) is 1.07. The van der Waals surface area contributed by atoms with Gasteiger partial charge in [-0.1, -0.05) is 11.6 Å². The normalized spacial score (nSPS) is 9.78. The standard InChI is InChI=1S/C9H16ClN7O/c1-17(2)9(18)13-4-3-12-7-6(10)5-14-8(15-7)16-11/h5H,3-4,11H2,1-2H3,(H,13,18)(H2,12,14,15,16). The van der Waals surface area contributed by atoms with Crippen LogP contribution in [-0.4, -0.2) is 48.1 Å². The third kappa shape index (κ3) is 4.22. The fourth-order valence-corrected chi connectivity index (χ4v) is 1.23. The van der Waals surface area contributed by atoms with Gasteiger partial charge < -0.3 is 15.5 Å². The number of nitrogens with zero attached hydrogens (tertiary/aromatic N) is 3. The number of hydrogen-bond donors (Lipinski definition) is 4. The second-order valence-corrected chi connectivity index (χ2v) is 3.99. The van der Waals surface area contributed by atoms with Crippen LogP contribution in [0.15, 0.2) is 6.20 Å². The third-order valence-electron chi connectivity index (χ3n) is 1.97. The van der Waals surface area contributed by atoms with Crippen molar-refractivity contribution in [3.8, 4) is 0 Å². The van der Waals surface area contributed by atoms with Gasteiger partial charge in [-0.15, -0.1) is 0 Å². The van der Waals surface area contributed by atoms with E-state index in [1.807, 2.05) is 0 Å². The predicted octanol–water partition coefficient (Wildman–Crippen LogP) is 0.0987. The largest absolute Gasteiger partial charge is 0.367 e. The first kappa shape index (κ1) is 14.3. The van der Waals surface area contributed by atoms with Crippen LogP contribution in [0.25, 0.3) is 0 Å². The Morgan fingerprint density at radius 3 is 2.83 bits per heavy atom. The van der Waals surface area contributed by atoms with E-state index >= 15 is 0 Å². The van der Waals surface area contributed by atoms with Crippen LogP contribution in [-0.2, 0) is 0 Å². The molecule has 100 valence electrons. The van der Waals surface area contributed by atoms with Gasteiger partial charge in [0.05, 0.1) is 6.20 Å². The van der Waals surface area contributed by atoms with Gasteiger partial charge >= 0.3 is 6.03 Å². The summed E-state index contributed by atoms with van der Waals surface area (Å²) >= 11 is 5.89. The zero-order valence-corrected chi connectivity index (χ0v) is 11.0. The van der Waals surface area contributed by atoms with Gasteiger partial charge in [-0.25, -0.2) is 15.6 Å². The summed E-state index contributed by atoms with van der Waals surface area (Å²) in [5.74, 6) is 5.91. The molecule has 0 saturated heterocycles. The Morgan fingerprint density at radius 2 is 2.22 bits per heavy atom. The summed E-state index contributed by atoms with van der Waals surface area (Å²) in [5, 5.41) is 6.05. The number of halogens is 1. The SMILES string of the molecule is CN(C)C(=O)NCCNc1nc(NN)ncc1Cl. The summed E-state index contributed by atoms with van der Waals surface area (Å²) in [7, 11) is 3.34. The van der Waals surface area contributed by atoms with Crippen molar-refractivity contribution in [3.63, 3.8) is 0 Å². The van der Waals surface area contributed by atoms with E-state index in [9.17, 15) is 4.79 Å². The van der Waals surface area contributed by atoms with Crippen molar-refractivity contribution < 1.29 is 4.79 Å². The second kappa shape index (κ2) is 6.82. The Bertz CT molecular complexity index is 412. The van der Waals surface area contributed by atoms with Crippen molar-refractivity contribution in [1.29, 1.82) is 0 Å². The van der Waals surface area contributed by atoms with Crippen molar-refractivity contribution in [3.05, 3.63) is 11.2 Å².